The summed E-state index contributed by atoms with van der Waals surface area (Å²) in [7, 11) is -3.42. The maximum Gasteiger partial charge on any atom is 0.232 e. The van der Waals surface area contributed by atoms with Gasteiger partial charge >= 0.3 is 0 Å². The first-order chi connectivity index (χ1) is 9.03. The van der Waals surface area contributed by atoms with Crippen LogP contribution in [0.1, 0.15) is 6.42 Å². The van der Waals surface area contributed by atoms with E-state index < -0.39 is 10.0 Å². The molecule has 102 valence electrons. The number of rotatable bonds is 5. The quantitative estimate of drug-likeness (QED) is 0.834. The predicted molar refractivity (Wildman–Crippen MR) is 78.4 cm³/mol. The van der Waals surface area contributed by atoms with Crippen molar-refractivity contribution in [2.75, 3.05) is 16.4 Å². The molecule has 0 bridgehead atoms. The van der Waals surface area contributed by atoms with Crippen LogP contribution in [-0.2, 0) is 10.0 Å². The normalized spacial score (nSPS) is 11.6. The Hall–Kier alpha value is -1.46. The van der Waals surface area contributed by atoms with Crippen molar-refractivity contribution in [1.29, 1.82) is 0 Å². The maximum absolute atomic E-state index is 11.9. The molecule has 2 N–H and O–H groups in total. The highest BCUT2D eigenvalue weighted by atomic mass is 35.5. The molecule has 2 aromatic rings. The Morgan fingerprint density at radius 1 is 1.11 bits per heavy atom. The Morgan fingerprint density at radius 2 is 1.79 bits per heavy atom. The van der Waals surface area contributed by atoms with Gasteiger partial charge in [-0.15, -0.1) is 11.6 Å². The van der Waals surface area contributed by atoms with Crippen LogP contribution >= 0.6 is 11.6 Å². The Morgan fingerprint density at radius 3 is 2.53 bits per heavy atom. The van der Waals surface area contributed by atoms with Gasteiger partial charge in [-0.1, -0.05) is 24.3 Å². The molecule has 0 aromatic heterocycles. The molecule has 0 aliphatic carbocycles. The number of phenols is 1. The Kier molecular flexibility index (Phi) is 4.17. The first-order valence-corrected chi connectivity index (χ1v) is 7.99. The fourth-order valence-corrected chi connectivity index (χ4v) is 3.28. The highest BCUT2D eigenvalue weighted by Crippen LogP contribution is 2.30. The summed E-state index contributed by atoms with van der Waals surface area (Å²) in [5.74, 6) is 0.405. The summed E-state index contributed by atoms with van der Waals surface area (Å²) in [5.41, 5.74) is 0.461. The molecule has 0 amide bonds. The smallest absolute Gasteiger partial charge is 0.232 e. The number of halogens is 1. The van der Waals surface area contributed by atoms with Crippen molar-refractivity contribution in [3.8, 4) is 5.75 Å². The van der Waals surface area contributed by atoms with Crippen molar-refractivity contribution in [3.63, 3.8) is 0 Å². The molecule has 0 atom stereocenters. The van der Waals surface area contributed by atoms with Crippen molar-refractivity contribution in [1.82, 2.24) is 0 Å². The number of nitrogens with one attached hydrogen (secondary N) is 1. The lowest BCUT2D eigenvalue weighted by Gasteiger charge is -2.10. The van der Waals surface area contributed by atoms with E-state index in [-0.39, 0.29) is 11.5 Å². The standard InChI is InChI=1S/C13H14ClNO3S/c14-8-3-9-19(17,18)15-12-6-1-5-11-10(12)4-2-7-13(11)16/h1-2,4-7,15-16H,3,8-9H2. The number of phenolic OH excluding ortho intramolecular Hbond substituents is 1. The van der Waals surface area contributed by atoms with Crippen molar-refractivity contribution < 1.29 is 13.5 Å². The van der Waals surface area contributed by atoms with Crippen LogP contribution in [0.2, 0.25) is 0 Å². The van der Waals surface area contributed by atoms with Crippen LogP contribution in [0.15, 0.2) is 36.4 Å². The number of alkyl halides is 1. The largest absolute Gasteiger partial charge is 0.507 e. The van der Waals surface area contributed by atoms with E-state index in [1.807, 2.05) is 0 Å². The van der Waals surface area contributed by atoms with Gasteiger partial charge in [0.05, 0.1) is 11.4 Å². The Balaban J connectivity index is 2.39. The third kappa shape index (κ3) is 3.30. The van der Waals surface area contributed by atoms with Crippen molar-refractivity contribution in [3.05, 3.63) is 36.4 Å². The molecule has 0 fully saturated rings. The van der Waals surface area contributed by atoms with Gasteiger partial charge in [-0.05, 0) is 18.6 Å². The Bertz CT molecular complexity index is 685. The van der Waals surface area contributed by atoms with Crippen LogP contribution in [0.25, 0.3) is 10.8 Å². The van der Waals surface area contributed by atoms with E-state index in [4.69, 9.17) is 11.6 Å². The molecule has 0 aliphatic heterocycles. The first-order valence-electron chi connectivity index (χ1n) is 5.81. The maximum atomic E-state index is 11.9. The molecule has 0 heterocycles. The van der Waals surface area contributed by atoms with E-state index in [9.17, 15) is 13.5 Å². The summed E-state index contributed by atoms with van der Waals surface area (Å²) in [6.45, 7) is 0. The molecule has 0 saturated carbocycles. The van der Waals surface area contributed by atoms with Gasteiger partial charge in [-0.2, -0.15) is 0 Å². The van der Waals surface area contributed by atoms with Gasteiger partial charge in [0.1, 0.15) is 5.75 Å². The predicted octanol–water partition coefficient (Wildman–Crippen LogP) is 2.92. The van der Waals surface area contributed by atoms with Crippen molar-refractivity contribution in [2.45, 2.75) is 6.42 Å². The molecular weight excluding hydrogens is 286 g/mol. The van der Waals surface area contributed by atoms with E-state index >= 15 is 0 Å². The zero-order chi connectivity index (χ0) is 13.9. The van der Waals surface area contributed by atoms with Gasteiger partial charge in [0.25, 0.3) is 0 Å². The third-order valence-electron chi connectivity index (χ3n) is 2.71. The minimum Gasteiger partial charge on any atom is -0.507 e. The van der Waals surface area contributed by atoms with Crippen LogP contribution < -0.4 is 4.72 Å². The summed E-state index contributed by atoms with van der Waals surface area (Å²) < 4.78 is 26.2. The Labute approximate surface area is 117 Å². The second kappa shape index (κ2) is 5.67. The molecule has 4 nitrogen and oxygen atoms in total. The monoisotopic (exact) mass is 299 g/mol. The second-order valence-electron chi connectivity index (χ2n) is 4.14. The van der Waals surface area contributed by atoms with Gasteiger partial charge in [-0.25, -0.2) is 8.42 Å². The molecule has 0 unspecified atom stereocenters. The first kappa shape index (κ1) is 14.0. The zero-order valence-corrected chi connectivity index (χ0v) is 11.7. The minimum atomic E-state index is -3.42. The number of hydrogen-bond donors (Lipinski definition) is 2. The second-order valence-corrected chi connectivity index (χ2v) is 6.36. The highest BCUT2D eigenvalue weighted by Gasteiger charge is 2.12. The molecular formula is C13H14ClNO3S. The highest BCUT2D eigenvalue weighted by molar-refractivity contribution is 7.92. The molecule has 2 aromatic carbocycles. The number of benzene rings is 2. The topological polar surface area (TPSA) is 66.4 Å². The van der Waals surface area contributed by atoms with Gasteiger partial charge < -0.3 is 5.11 Å². The number of hydrogen-bond acceptors (Lipinski definition) is 3. The third-order valence-corrected chi connectivity index (χ3v) is 4.34. The lowest BCUT2D eigenvalue weighted by molar-refractivity contribution is 0.481. The summed E-state index contributed by atoms with van der Waals surface area (Å²) >= 11 is 5.50. The number of fused-ring (bicyclic) bond motifs is 1. The van der Waals surface area contributed by atoms with E-state index in [2.05, 4.69) is 4.72 Å². The minimum absolute atomic E-state index is 0.0221. The van der Waals surface area contributed by atoms with E-state index in [0.717, 1.165) is 0 Å². The SMILES string of the molecule is O=S(=O)(CCCCl)Nc1cccc2c(O)cccc12. The van der Waals surface area contributed by atoms with E-state index in [1.165, 1.54) is 0 Å². The summed E-state index contributed by atoms with van der Waals surface area (Å²) in [6.07, 6.45) is 0.396. The van der Waals surface area contributed by atoms with Gasteiger partial charge in [0.2, 0.25) is 10.0 Å². The van der Waals surface area contributed by atoms with Crippen LogP contribution in [0.4, 0.5) is 5.69 Å². The molecule has 0 spiro atoms. The van der Waals surface area contributed by atoms with Gasteiger partial charge in [0.15, 0.2) is 0 Å². The molecule has 2 rings (SSSR count). The number of anilines is 1. The van der Waals surface area contributed by atoms with Crippen LogP contribution in [0.3, 0.4) is 0 Å². The molecule has 6 heteroatoms. The van der Waals surface area contributed by atoms with Crippen molar-refractivity contribution >= 4 is 38.1 Å². The molecule has 19 heavy (non-hydrogen) atoms. The molecule has 0 aliphatic rings. The molecule has 0 saturated heterocycles. The van der Waals surface area contributed by atoms with Crippen LogP contribution in [0, 0.1) is 0 Å². The number of sulfonamides is 1. The summed E-state index contributed by atoms with van der Waals surface area (Å²) in [5, 5.41) is 11.0. The van der Waals surface area contributed by atoms with Gasteiger partial charge in [-0.3, -0.25) is 4.72 Å². The van der Waals surface area contributed by atoms with Crippen LogP contribution in [-0.4, -0.2) is 25.2 Å². The average molecular weight is 300 g/mol. The van der Waals surface area contributed by atoms with E-state index in [1.54, 1.807) is 36.4 Å². The van der Waals surface area contributed by atoms with Crippen molar-refractivity contribution in [2.24, 2.45) is 0 Å². The fourth-order valence-electron chi connectivity index (χ4n) is 1.85. The summed E-state index contributed by atoms with van der Waals surface area (Å²) in [4.78, 5) is 0. The van der Waals surface area contributed by atoms with Gasteiger partial charge in [0, 0.05) is 16.7 Å². The average Bonchev–Trinajstić information content (AvgIpc) is 2.37. The fraction of sp³-hybridized carbons (Fsp3) is 0.231. The lowest BCUT2D eigenvalue weighted by atomic mass is 10.1. The number of aromatic hydroxyl groups is 1. The van der Waals surface area contributed by atoms with E-state index in [0.29, 0.717) is 28.8 Å². The zero-order valence-electron chi connectivity index (χ0n) is 10.1. The lowest BCUT2D eigenvalue weighted by Crippen LogP contribution is -2.17. The summed E-state index contributed by atoms with van der Waals surface area (Å²) in [6, 6.07) is 10.1. The van der Waals surface area contributed by atoms with Crippen LogP contribution in [0.5, 0.6) is 5.75 Å². The molecule has 0 radical (unpaired) electrons.